The van der Waals surface area contributed by atoms with Crippen LogP contribution in [0.4, 0.5) is 11.4 Å². The number of nitrogens with zero attached hydrogens (tertiary/aromatic N) is 3. The summed E-state index contributed by atoms with van der Waals surface area (Å²) in [7, 11) is 0. The molecule has 1 N–H and O–H groups in total. The Labute approximate surface area is 152 Å². The van der Waals surface area contributed by atoms with Gasteiger partial charge in [-0.3, -0.25) is 14.9 Å². The highest BCUT2D eigenvalue weighted by atomic mass is 16.6. The normalized spacial score (nSPS) is 25.8. The van der Waals surface area contributed by atoms with Gasteiger partial charge in [-0.05, 0) is 31.5 Å². The number of carbonyl (C=O) groups is 1. The maximum atomic E-state index is 12.9. The summed E-state index contributed by atoms with van der Waals surface area (Å²) in [6.45, 7) is 5.76. The van der Waals surface area contributed by atoms with Gasteiger partial charge in [0.2, 0.25) is 0 Å². The number of rotatable bonds is 3. The molecule has 0 bridgehead atoms. The van der Waals surface area contributed by atoms with Crippen LogP contribution in [-0.4, -0.2) is 68.2 Å². The van der Waals surface area contributed by atoms with E-state index in [4.69, 9.17) is 4.74 Å². The van der Waals surface area contributed by atoms with E-state index in [1.54, 1.807) is 12.1 Å². The van der Waals surface area contributed by atoms with E-state index in [1.165, 1.54) is 6.07 Å². The number of benzene rings is 1. The second kappa shape index (κ2) is 6.85. The molecular weight excluding hydrogens is 336 g/mol. The Kier molecular flexibility index (Phi) is 4.54. The standard InChI is InChI=1S/C18H24N4O4/c23-17(21-6-4-18(13-21)3-5-19-12-18)14-1-2-15(16(11-14)22(24)25)20-7-9-26-10-8-20/h1-2,11,19H,3-10,12-13H2. The number of nitro benzene ring substituents is 1. The molecule has 1 amide bonds. The summed E-state index contributed by atoms with van der Waals surface area (Å²) in [6, 6.07) is 4.86. The highest BCUT2D eigenvalue weighted by molar-refractivity contribution is 5.96. The number of nitrogens with one attached hydrogen (secondary N) is 1. The molecule has 26 heavy (non-hydrogen) atoms. The lowest BCUT2D eigenvalue weighted by Crippen LogP contribution is -2.36. The van der Waals surface area contributed by atoms with Gasteiger partial charge in [0.15, 0.2) is 0 Å². The summed E-state index contributed by atoms with van der Waals surface area (Å²) in [6.07, 6.45) is 2.09. The first kappa shape index (κ1) is 17.2. The maximum Gasteiger partial charge on any atom is 0.293 e. The van der Waals surface area contributed by atoms with Crippen molar-refractivity contribution < 1.29 is 14.5 Å². The molecule has 1 atom stereocenters. The minimum absolute atomic E-state index is 0.00538. The third-order valence-electron chi connectivity index (χ3n) is 5.83. The van der Waals surface area contributed by atoms with E-state index in [9.17, 15) is 14.9 Å². The second-order valence-corrected chi connectivity index (χ2v) is 7.46. The van der Waals surface area contributed by atoms with Crippen LogP contribution in [0, 0.1) is 15.5 Å². The Morgan fingerprint density at radius 2 is 2.04 bits per heavy atom. The van der Waals surface area contributed by atoms with Gasteiger partial charge in [-0.1, -0.05) is 0 Å². The lowest BCUT2D eigenvalue weighted by molar-refractivity contribution is -0.384. The molecule has 3 heterocycles. The number of hydrogen-bond donors (Lipinski definition) is 1. The monoisotopic (exact) mass is 360 g/mol. The minimum Gasteiger partial charge on any atom is -0.378 e. The quantitative estimate of drug-likeness (QED) is 0.645. The van der Waals surface area contributed by atoms with E-state index in [1.807, 2.05) is 9.80 Å². The molecule has 3 saturated heterocycles. The summed E-state index contributed by atoms with van der Waals surface area (Å²) in [5.74, 6) is -0.106. The molecule has 1 spiro atoms. The molecule has 0 saturated carbocycles. The van der Waals surface area contributed by atoms with Crippen molar-refractivity contribution in [1.29, 1.82) is 0 Å². The lowest BCUT2D eigenvalue weighted by Gasteiger charge is -2.28. The van der Waals surface area contributed by atoms with Crippen molar-refractivity contribution in [3.8, 4) is 0 Å². The first-order valence-corrected chi connectivity index (χ1v) is 9.19. The second-order valence-electron chi connectivity index (χ2n) is 7.46. The molecule has 0 aliphatic carbocycles. The van der Waals surface area contributed by atoms with Crippen LogP contribution >= 0.6 is 0 Å². The van der Waals surface area contributed by atoms with E-state index in [0.717, 1.165) is 39.0 Å². The van der Waals surface area contributed by atoms with Gasteiger partial charge in [-0.2, -0.15) is 0 Å². The summed E-state index contributed by atoms with van der Waals surface area (Å²) in [5.41, 5.74) is 1.15. The van der Waals surface area contributed by atoms with Crippen LogP contribution in [0.5, 0.6) is 0 Å². The molecule has 3 aliphatic heterocycles. The molecular formula is C18H24N4O4. The third-order valence-corrected chi connectivity index (χ3v) is 5.83. The van der Waals surface area contributed by atoms with Gasteiger partial charge in [0.1, 0.15) is 5.69 Å². The zero-order chi connectivity index (χ0) is 18.1. The van der Waals surface area contributed by atoms with Gasteiger partial charge >= 0.3 is 0 Å². The average Bonchev–Trinajstić information content (AvgIpc) is 3.31. The first-order chi connectivity index (χ1) is 12.6. The fraction of sp³-hybridized carbons (Fsp3) is 0.611. The molecule has 0 aromatic heterocycles. The minimum atomic E-state index is -0.395. The van der Waals surface area contributed by atoms with Crippen LogP contribution in [-0.2, 0) is 4.74 Å². The van der Waals surface area contributed by atoms with Gasteiger partial charge in [0.25, 0.3) is 11.6 Å². The zero-order valence-electron chi connectivity index (χ0n) is 14.8. The number of morpholine rings is 1. The van der Waals surface area contributed by atoms with Crippen molar-refractivity contribution in [3.05, 3.63) is 33.9 Å². The molecule has 8 heteroatoms. The smallest absolute Gasteiger partial charge is 0.293 e. The third kappa shape index (κ3) is 3.14. The van der Waals surface area contributed by atoms with E-state index < -0.39 is 4.92 Å². The van der Waals surface area contributed by atoms with Crippen LogP contribution in [0.2, 0.25) is 0 Å². The van der Waals surface area contributed by atoms with E-state index in [-0.39, 0.29) is 17.0 Å². The van der Waals surface area contributed by atoms with E-state index in [0.29, 0.717) is 37.6 Å². The summed E-state index contributed by atoms with van der Waals surface area (Å²) < 4.78 is 5.32. The Hall–Kier alpha value is -2.19. The summed E-state index contributed by atoms with van der Waals surface area (Å²) >= 11 is 0. The number of carbonyl (C=O) groups excluding carboxylic acids is 1. The predicted molar refractivity (Wildman–Crippen MR) is 96.6 cm³/mol. The molecule has 0 radical (unpaired) electrons. The van der Waals surface area contributed by atoms with Gasteiger partial charge in [0, 0.05) is 49.8 Å². The van der Waals surface area contributed by atoms with Crippen LogP contribution < -0.4 is 10.2 Å². The Morgan fingerprint density at radius 3 is 2.73 bits per heavy atom. The van der Waals surface area contributed by atoms with Gasteiger partial charge in [-0.25, -0.2) is 0 Å². The number of nitro groups is 1. The Morgan fingerprint density at radius 1 is 1.23 bits per heavy atom. The number of anilines is 1. The van der Waals surface area contributed by atoms with Gasteiger partial charge in [-0.15, -0.1) is 0 Å². The Bertz CT molecular complexity index is 711. The zero-order valence-corrected chi connectivity index (χ0v) is 14.8. The fourth-order valence-electron chi connectivity index (χ4n) is 4.31. The molecule has 3 aliphatic rings. The largest absolute Gasteiger partial charge is 0.378 e. The molecule has 8 nitrogen and oxygen atoms in total. The number of ether oxygens (including phenoxy) is 1. The first-order valence-electron chi connectivity index (χ1n) is 9.19. The Balaban J connectivity index is 1.55. The highest BCUT2D eigenvalue weighted by Crippen LogP contribution is 2.37. The van der Waals surface area contributed by atoms with Crippen molar-refractivity contribution in [1.82, 2.24) is 10.2 Å². The SMILES string of the molecule is O=C(c1ccc(N2CCOCC2)c([N+](=O)[O-])c1)N1CCC2(CCNC2)C1. The van der Waals surface area contributed by atoms with Gasteiger partial charge < -0.3 is 19.9 Å². The summed E-state index contributed by atoms with van der Waals surface area (Å²) in [4.78, 5) is 27.9. The maximum absolute atomic E-state index is 12.9. The number of hydrogen-bond acceptors (Lipinski definition) is 6. The fourth-order valence-corrected chi connectivity index (χ4v) is 4.31. The topological polar surface area (TPSA) is 88.0 Å². The predicted octanol–water partition coefficient (Wildman–Crippen LogP) is 1.26. The van der Waals surface area contributed by atoms with E-state index in [2.05, 4.69) is 5.32 Å². The van der Waals surface area contributed by atoms with Crippen LogP contribution in [0.3, 0.4) is 0 Å². The van der Waals surface area contributed by atoms with Crippen molar-refractivity contribution in [2.24, 2.45) is 5.41 Å². The van der Waals surface area contributed by atoms with E-state index >= 15 is 0 Å². The summed E-state index contributed by atoms with van der Waals surface area (Å²) in [5, 5.41) is 15.0. The molecule has 4 rings (SSSR count). The van der Waals surface area contributed by atoms with Crippen molar-refractivity contribution >= 4 is 17.3 Å². The number of amides is 1. The molecule has 1 aromatic rings. The number of likely N-dealkylation sites (tertiary alicyclic amines) is 1. The van der Waals surface area contributed by atoms with Crippen molar-refractivity contribution in [2.75, 3.05) is 57.4 Å². The van der Waals surface area contributed by atoms with Crippen LogP contribution in [0.25, 0.3) is 0 Å². The molecule has 1 unspecified atom stereocenters. The van der Waals surface area contributed by atoms with Gasteiger partial charge in [0.05, 0.1) is 18.1 Å². The lowest BCUT2D eigenvalue weighted by atomic mass is 9.86. The average molecular weight is 360 g/mol. The molecule has 1 aromatic carbocycles. The van der Waals surface area contributed by atoms with Crippen LogP contribution in [0.15, 0.2) is 18.2 Å². The van der Waals surface area contributed by atoms with Crippen LogP contribution in [0.1, 0.15) is 23.2 Å². The molecule has 140 valence electrons. The molecule has 3 fully saturated rings. The highest BCUT2D eigenvalue weighted by Gasteiger charge is 2.42. The van der Waals surface area contributed by atoms with Crippen molar-refractivity contribution in [3.63, 3.8) is 0 Å². The van der Waals surface area contributed by atoms with Crippen molar-refractivity contribution in [2.45, 2.75) is 12.8 Å².